The van der Waals surface area contributed by atoms with Crippen LogP contribution in [0.4, 0.5) is 0 Å². The van der Waals surface area contributed by atoms with Gasteiger partial charge in [0.05, 0.1) is 10.7 Å². The summed E-state index contributed by atoms with van der Waals surface area (Å²) in [6.07, 6.45) is 7.67. The third-order valence-corrected chi connectivity index (χ3v) is 5.23. The SMILES string of the molecule is Cc1nn(CC(=O)N2CCC[C@H](c3nccn3CCN(C)C)C2)cc1Cl. The molecule has 2 aromatic heterocycles. The van der Waals surface area contributed by atoms with Gasteiger partial charge in [-0.25, -0.2) is 4.98 Å². The monoisotopic (exact) mass is 378 g/mol. The second kappa shape index (κ2) is 8.22. The van der Waals surface area contributed by atoms with Crippen LogP contribution in [-0.2, 0) is 17.9 Å². The van der Waals surface area contributed by atoms with E-state index in [0.29, 0.717) is 11.6 Å². The number of imidazole rings is 1. The van der Waals surface area contributed by atoms with Crippen LogP contribution in [0.5, 0.6) is 0 Å². The molecule has 0 unspecified atom stereocenters. The highest BCUT2D eigenvalue weighted by molar-refractivity contribution is 6.31. The maximum absolute atomic E-state index is 12.7. The molecule has 0 aliphatic carbocycles. The highest BCUT2D eigenvalue weighted by atomic mass is 35.5. The Kier molecular flexibility index (Phi) is 5.98. The van der Waals surface area contributed by atoms with Crippen LogP contribution in [0.15, 0.2) is 18.6 Å². The summed E-state index contributed by atoms with van der Waals surface area (Å²) in [5, 5.41) is 4.88. The molecular formula is C18H27ClN6O. The Hall–Kier alpha value is -1.86. The Morgan fingerprint density at radius 1 is 1.42 bits per heavy atom. The quantitative estimate of drug-likeness (QED) is 0.771. The van der Waals surface area contributed by atoms with Crippen LogP contribution < -0.4 is 0 Å². The molecule has 0 saturated carbocycles. The molecule has 0 bridgehead atoms. The lowest BCUT2D eigenvalue weighted by Crippen LogP contribution is -2.41. The number of amides is 1. The molecule has 1 fully saturated rings. The van der Waals surface area contributed by atoms with Crippen molar-refractivity contribution in [1.82, 2.24) is 29.1 Å². The molecule has 1 aliphatic rings. The smallest absolute Gasteiger partial charge is 0.244 e. The third-order valence-electron chi connectivity index (χ3n) is 4.86. The van der Waals surface area contributed by atoms with Crippen molar-refractivity contribution in [3.63, 3.8) is 0 Å². The van der Waals surface area contributed by atoms with E-state index >= 15 is 0 Å². The number of aryl methyl sites for hydroxylation is 1. The van der Waals surface area contributed by atoms with Gasteiger partial charge in [0.2, 0.25) is 5.91 Å². The van der Waals surface area contributed by atoms with Gasteiger partial charge in [-0.05, 0) is 33.9 Å². The first-order chi connectivity index (χ1) is 12.4. The van der Waals surface area contributed by atoms with Gasteiger partial charge in [-0.15, -0.1) is 0 Å². The zero-order valence-electron chi connectivity index (χ0n) is 15.7. The zero-order valence-corrected chi connectivity index (χ0v) is 16.5. The van der Waals surface area contributed by atoms with Gasteiger partial charge >= 0.3 is 0 Å². The van der Waals surface area contributed by atoms with Crippen molar-refractivity contribution < 1.29 is 4.79 Å². The fraction of sp³-hybridized carbons (Fsp3) is 0.611. The minimum Gasteiger partial charge on any atom is -0.340 e. The van der Waals surface area contributed by atoms with Crippen LogP contribution in [0.25, 0.3) is 0 Å². The normalized spacial score (nSPS) is 17.9. The van der Waals surface area contributed by atoms with E-state index in [1.54, 1.807) is 10.9 Å². The first-order valence-electron chi connectivity index (χ1n) is 9.07. The van der Waals surface area contributed by atoms with Gasteiger partial charge < -0.3 is 14.4 Å². The Labute approximate surface area is 159 Å². The fourth-order valence-corrected chi connectivity index (χ4v) is 3.56. The number of nitrogens with zero attached hydrogens (tertiary/aromatic N) is 6. The van der Waals surface area contributed by atoms with E-state index in [9.17, 15) is 4.79 Å². The van der Waals surface area contributed by atoms with Crippen molar-refractivity contribution in [2.45, 2.75) is 38.8 Å². The Morgan fingerprint density at radius 2 is 2.23 bits per heavy atom. The van der Waals surface area contributed by atoms with E-state index in [1.807, 2.05) is 24.2 Å². The summed E-state index contributed by atoms with van der Waals surface area (Å²) in [5.74, 6) is 1.45. The van der Waals surface area contributed by atoms with Gasteiger partial charge in [-0.2, -0.15) is 5.10 Å². The maximum atomic E-state index is 12.7. The number of piperidine rings is 1. The number of halogens is 1. The Bertz CT molecular complexity index is 733. The summed E-state index contributed by atoms with van der Waals surface area (Å²) in [6.45, 7) is 5.46. The molecular weight excluding hydrogens is 352 g/mol. The maximum Gasteiger partial charge on any atom is 0.244 e. The molecule has 1 atom stereocenters. The number of hydrogen-bond donors (Lipinski definition) is 0. The second-order valence-corrected chi connectivity index (χ2v) is 7.63. The number of likely N-dealkylation sites (tertiary alicyclic amines) is 1. The number of carbonyl (C=O) groups excluding carboxylic acids is 1. The van der Waals surface area contributed by atoms with Crippen molar-refractivity contribution >= 4 is 17.5 Å². The molecule has 0 N–H and O–H groups in total. The van der Waals surface area contributed by atoms with E-state index in [2.05, 4.69) is 33.6 Å². The molecule has 1 amide bonds. The molecule has 1 aliphatic heterocycles. The van der Waals surface area contributed by atoms with Crippen LogP contribution in [0.2, 0.25) is 5.02 Å². The van der Waals surface area contributed by atoms with Crippen molar-refractivity contribution in [3.8, 4) is 0 Å². The number of hydrogen-bond acceptors (Lipinski definition) is 4. The molecule has 0 spiro atoms. The highest BCUT2D eigenvalue weighted by Crippen LogP contribution is 2.26. The lowest BCUT2D eigenvalue weighted by atomic mass is 9.97. The largest absolute Gasteiger partial charge is 0.340 e. The third kappa shape index (κ3) is 4.45. The first-order valence-corrected chi connectivity index (χ1v) is 9.45. The highest BCUT2D eigenvalue weighted by Gasteiger charge is 2.27. The molecule has 7 nitrogen and oxygen atoms in total. The summed E-state index contributed by atoms with van der Waals surface area (Å²) in [6, 6.07) is 0. The molecule has 26 heavy (non-hydrogen) atoms. The summed E-state index contributed by atoms with van der Waals surface area (Å²) >= 11 is 6.04. The second-order valence-electron chi connectivity index (χ2n) is 7.22. The van der Waals surface area contributed by atoms with E-state index in [0.717, 1.165) is 44.0 Å². The van der Waals surface area contributed by atoms with Gasteiger partial charge in [0, 0.05) is 50.7 Å². The number of likely N-dealkylation sites (N-methyl/N-ethyl adjacent to an activating group) is 1. The minimum absolute atomic E-state index is 0.0836. The number of rotatable bonds is 6. The topological polar surface area (TPSA) is 59.2 Å². The van der Waals surface area contributed by atoms with Crippen molar-refractivity contribution in [2.75, 3.05) is 33.7 Å². The van der Waals surface area contributed by atoms with E-state index < -0.39 is 0 Å². The average Bonchev–Trinajstić information content (AvgIpc) is 3.19. The van der Waals surface area contributed by atoms with Crippen LogP contribution in [0, 0.1) is 6.92 Å². The summed E-state index contributed by atoms with van der Waals surface area (Å²) < 4.78 is 3.84. The molecule has 1 saturated heterocycles. The standard InChI is InChI=1S/C18H27ClN6O/c1-14-16(19)12-25(21-14)13-17(26)24-7-4-5-15(11-24)18-20-6-8-23(18)10-9-22(2)3/h6,8,12,15H,4-5,7,9-11,13H2,1-3H3/t15-/m0/s1. The summed E-state index contributed by atoms with van der Waals surface area (Å²) in [4.78, 5) is 21.4. The van der Waals surface area contributed by atoms with Crippen molar-refractivity contribution in [1.29, 1.82) is 0 Å². The minimum atomic E-state index is 0.0836. The lowest BCUT2D eigenvalue weighted by molar-refractivity contribution is -0.133. The Balaban J connectivity index is 1.64. The van der Waals surface area contributed by atoms with E-state index in [-0.39, 0.29) is 18.4 Å². The molecule has 8 heteroatoms. The Morgan fingerprint density at radius 3 is 2.92 bits per heavy atom. The van der Waals surface area contributed by atoms with E-state index in [4.69, 9.17) is 11.6 Å². The summed E-state index contributed by atoms with van der Waals surface area (Å²) in [5.41, 5.74) is 0.749. The molecule has 3 rings (SSSR count). The molecule has 0 aromatic carbocycles. The fourth-order valence-electron chi connectivity index (χ4n) is 3.40. The van der Waals surface area contributed by atoms with Crippen LogP contribution in [0.1, 0.15) is 30.3 Å². The van der Waals surface area contributed by atoms with Crippen molar-refractivity contribution in [2.24, 2.45) is 0 Å². The van der Waals surface area contributed by atoms with Crippen LogP contribution >= 0.6 is 11.6 Å². The number of aromatic nitrogens is 4. The van der Waals surface area contributed by atoms with E-state index in [1.165, 1.54) is 0 Å². The van der Waals surface area contributed by atoms with Gasteiger partial charge in [-0.1, -0.05) is 11.6 Å². The van der Waals surface area contributed by atoms with Crippen LogP contribution in [-0.4, -0.2) is 68.8 Å². The zero-order chi connectivity index (χ0) is 18.7. The predicted molar refractivity (Wildman–Crippen MR) is 101 cm³/mol. The van der Waals surface area contributed by atoms with Gasteiger partial charge in [-0.3, -0.25) is 9.48 Å². The predicted octanol–water partition coefficient (Wildman–Crippen LogP) is 2.01. The lowest BCUT2D eigenvalue weighted by Gasteiger charge is -2.32. The van der Waals surface area contributed by atoms with Gasteiger partial charge in [0.15, 0.2) is 0 Å². The summed E-state index contributed by atoms with van der Waals surface area (Å²) in [7, 11) is 4.14. The molecule has 3 heterocycles. The first kappa shape index (κ1) is 18.9. The van der Waals surface area contributed by atoms with Crippen LogP contribution in [0.3, 0.4) is 0 Å². The van der Waals surface area contributed by atoms with Gasteiger partial charge in [0.25, 0.3) is 0 Å². The number of carbonyl (C=O) groups is 1. The molecule has 0 radical (unpaired) electrons. The molecule has 2 aromatic rings. The van der Waals surface area contributed by atoms with Crippen molar-refractivity contribution in [3.05, 3.63) is 35.1 Å². The van der Waals surface area contributed by atoms with Gasteiger partial charge in [0.1, 0.15) is 12.4 Å². The molecule has 142 valence electrons. The average molecular weight is 379 g/mol.